The monoisotopic (exact) mass is 540 g/mol. The van der Waals surface area contributed by atoms with Gasteiger partial charge >= 0.3 is 12.4 Å². The number of likely N-dealkylation sites (N-methyl/N-ethyl adjacent to an activating group) is 1. The molecule has 13 heteroatoms. The van der Waals surface area contributed by atoms with E-state index in [0.29, 0.717) is 44.5 Å². The van der Waals surface area contributed by atoms with E-state index in [0.717, 1.165) is 24.3 Å². The van der Waals surface area contributed by atoms with Crippen molar-refractivity contribution in [3.8, 4) is 11.5 Å². The van der Waals surface area contributed by atoms with Gasteiger partial charge in [-0.1, -0.05) is 13.3 Å². The first-order valence-corrected chi connectivity index (χ1v) is 12.6. The van der Waals surface area contributed by atoms with Gasteiger partial charge in [0.25, 0.3) is 10.0 Å². The van der Waals surface area contributed by atoms with Crippen molar-refractivity contribution in [3.05, 3.63) is 47.5 Å². The second kappa shape index (κ2) is 10.8. The minimum absolute atomic E-state index is 0.0491. The molecule has 1 aliphatic rings. The maximum Gasteiger partial charge on any atom is 0.419 e. The summed E-state index contributed by atoms with van der Waals surface area (Å²) in [7, 11) is -2.68. The normalized spacial score (nSPS) is 17.3. The van der Waals surface area contributed by atoms with Crippen LogP contribution in [-0.2, 0) is 22.4 Å². The molecule has 2 aromatic rings. The quantitative estimate of drug-likeness (QED) is 0.322. The lowest BCUT2D eigenvalue weighted by atomic mass is 10.1. The molecule has 1 fully saturated rings. The average Bonchev–Trinajstić information content (AvgIpc) is 3.16. The number of nitrogens with zero attached hydrogens (tertiary/aromatic N) is 1. The molecule has 0 saturated carbocycles. The Morgan fingerprint density at radius 3 is 2.22 bits per heavy atom. The number of ether oxygens (including phenoxy) is 2. The van der Waals surface area contributed by atoms with Gasteiger partial charge in [-0.25, -0.2) is 8.42 Å². The van der Waals surface area contributed by atoms with Gasteiger partial charge in [0.1, 0.15) is 17.6 Å². The highest BCUT2D eigenvalue weighted by atomic mass is 32.2. The summed E-state index contributed by atoms with van der Waals surface area (Å²) in [6.45, 7) is 2.80. The molecule has 1 saturated heterocycles. The van der Waals surface area contributed by atoms with Crippen molar-refractivity contribution in [2.45, 2.75) is 49.5 Å². The van der Waals surface area contributed by atoms with Crippen LogP contribution < -0.4 is 14.2 Å². The molecule has 0 aliphatic carbocycles. The van der Waals surface area contributed by atoms with Crippen molar-refractivity contribution in [2.24, 2.45) is 0 Å². The van der Waals surface area contributed by atoms with Crippen molar-refractivity contribution in [2.75, 3.05) is 31.5 Å². The molecule has 1 N–H and O–H groups in total. The number of nitrogens with one attached hydrogen (secondary N) is 1. The highest BCUT2D eigenvalue weighted by Crippen LogP contribution is 2.40. The van der Waals surface area contributed by atoms with Crippen LogP contribution in [0.15, 0.2) is 41.3 Å². The van der Waals surface area contributed by atoms with Gasteiger partial charge in [0.15, 0.2) is 0 Å². The molecule has 0 radical (unpaired) electrons. The SMILES string of the molecule is CCCCOc1cc(S(=O)(=O)Nc2ccc(C(F)(F)F)c(O[C@@H]3CCN(C)C3)c2)ccc1C(F)(F)F. The Labute approximate surface area is 205 Å². The van der Waals surface area contributed by atoms with Crippen LogP contribution >= 0.6 is 0 Å². The Morgan fingerprint density at radius 1 is 1.00 bits per heavy atom. The molecule has 1 aliphatic heterocycles. The van der Waals surface area contributed by atoms with Crippen molar-refractivity contribution in [1.82, 2.24) is 4.90 Å². The second-order valence-electron chi connectivity index (χ2n) is 8.46. The van der Waals surface area contributed by atoms with Crippen LogP contribution in [0.4, 0.5) is 32.0 Å². The van der Waals surface area contributed by atoms with E-state index in [1.54, 1.807) is 7.05 Å². The molecule has 36 heavy (non-hydrogen) atoms. The number of unbranched alkanes of at least 4 members (excludes halogenated alkanes) is 1. The Balaban J connectivity index is 1.91. The lowest BCUT2D eigenvalue weighted by molar-refractivity contribution is -0.140. The van der Waals surface area contributed by atoms with Crippen molar-refractivity contribution >= 4 is 15.7 Å². The van der Waals surface area contributed by atoms with Gasteiger partial charge in [-0.3, -0.25) is 4.72 Å². The average molecular weight is 541 g/mol. The Kier molecular flexibility index (Phi) is 8.33. The number of hydrogen-bond donors (Lipinski definition) is 1. The lowest BCUT2D eigenvalue weighted by Gasteiger charge is -2.20. The summed E-state index contributed by atoms with van der Waals surface area (Å²) in [5.74, 6) is -1.19. The first kappa shape index (κ1) is 27.9. The Morgan fingerprint density at radius 2 is 1.64 bits per heavy atom. The van der Waals surface area contributed by atoms with E-state index in [9.17, 15) is 34.8 Å². The highest BCUT2D eigenvalue weighted by molar-refractivity contribution is 7.92. The topological polar surface area (TPSA) is 67.9 Å². The number of halogens is 6. The van der Waals surface area contributed by atoms with Crippen LogP contribution in [0.3, 0.4) is 0 Å². The van der Waals surface area contributed by atoms with Crippen LogP contribution in [-0.4, -0.2) is 46.2 Å². The van der Waals surface area contributed by atoms with Crippen LogP contribution in [0.5, 0.6) is 11.5 Å². The molecule has 3 rings (SSSR count). The van der Waals surface area contributed by atoms with Gasteiger partial charge in [0.05, 0.1) is 28.3 Å². The van der Waals surface area contributed by atoms with Gasteiger partial charge in [-0.15, -0.1) is 0 Å². The highest BCUT2D eigenvalue weighted by Gasteiger charge is 2.37. The lowest BCUT2D eigenvalue weighted by Crippen LogP contribution is -2.23. The first-order chi connectivity index (χ1) is 16.7. The molecule has 0 spiro atoms. The van der Waals surface area contributed by atoms with Gasteiger partial charge in [-0.2, -0.15) is 26.3 Å². The molecule has 0 unspecified atom stereocenters. The number of likely N-dealkylation sites (tertiary alicyclic amines) is 1. The summed E-state index contributed by atoms with van der Waals surface area (Å²) in [4.78, 5) is 1.34. The summed E-state index contributed by atoms with van der Waals surface area (Å²) in [6, 6.07) is 4.62. The van der Waals surface area contributed by atoms with Gasteiger partial charge in [0.2, 0.25) is 0 Å². The number of anilines is 1. The van der Waals surface area contributed by atoms with Gasteiger partial charge < -0.3 is 14.4 Å². The molecule has 0 bridgehead atoms. The third-order valence-electron chi connectivity index (χ3n) is 5.51. The van der Waals surface area contributed by atoms with E-state index in [1.165, 1.54) is 0 Å². The van der Waals surface area contributed by atoms with Crippen LogP contribution in [0, 0.1) is 0 Å². The zero-order valence-corrected chi connectivity index (χ0v) is 20.4. The summed E-state index contributed by atoms with van der Waals surface area (Å²) < 4.78 is 119. The maximum absolute atomic E-state index is 13.5. The van der Waals surface area contributed by atoms with E-state index >= 15 is 0 Å². The third-order valence-corrected chi connectivity index (χ3v) is 6.88. The van der Waals surface area contributed by atoms with Crippen molar-refractivity contribution in [3.63, 3.8) is 0 Å². The standard InChI is InChI=1S/C23H26F6N2O4S/c1-3-4-11-34-20-13-17(6-8-18(20)22(24,25)26)36(32,33)30-15-5-7-19(23(27,28)29)21(12-15)35-16-9-10-31(2)14-16/h5-8,12-13,16,30H,3-4,9-11,14H2,1-2H3/t16-/m1/s1. The van der Waals surface area contributed by atoms with Crippen LogP contribution in [0.25, 0.3) is 0 Å². The molecular formula is C23H26F6N2O4S. The van der Waals surface area contributed by atoms with Crippen LogP contribution in [0.1, 0.15) is 37.3 Å². The zero-order chi connectivity index (χ0) is 26.7. The van der Waals surface area contributed by atoms with Gasteiger partial charge in [-0.05, 0) is 44.2 Å². The van der Waals surface area contributed by atoms with E-state index in [2.05, 4.69) is 4.72 Å². The molecule has 0 aromatic heterocycles. The number of benzene rings is 2. The van der Waals surface area contributed by atoms with Gasteiger partial charge in [0, 0.05) is 25.2 Å². The predicted octanol–water partition coefficient (Wildman–Crippen LogP) is 5.79. The minimum Gasteiger partial charge on any atom is -0.493 e. The maximum atomic E-state index is 13.5. The fraction of sp³-hybridized carbons (Fsp3) is 0.478. The number of sulfonamides is 1. The molecule has 2 aromatic carbocycles. The molecule has 1 atom stereocenters. The van der Waals surface area contributed by atoms with Crippen LogP contribution in [0.2, 0.25) is 0 Å². The minimum atomic E-state index is -4.77. The van der Waals surface area contributed by atoms with E-state index < -0.39 is 56.0 Å². The van der Waals surface area contributed by atoms with Crippen molar-refractivity contribution < 1.29 is 44.2 Å². The summed E-state index contributed by atoms with van der Waals surface area (Å²) in [5, 5.41) is 0. The largest absolute Gasteiger partial charge is 0.493 e. The predicted molar refractivity (Wildman–Crippen MR) is 121 cm³/mol. The number of alkyl halides is 6. The number of hydrogen-bond acceptors (Lipinski definition) is 5. The summed E-state index contributed by atoms with van der Waals surface area (Å²) in [6.07, 6.45) is -8.43. The summed E-state index contributed by atoms with van der Waals surface area (Å²) >= 11 is 0. The Hall–Kier alpha value is -2.67. The molecule has 200 valence electrons. The molecule has 6 nitrogen and oxygen atoms in total. The van der Waals surface area contributed by atoms with E-state index in [1.807, 2.05) is 11.8 Å². The molecule has 1 heterocycles. The smallest absolute Gasteiger partial charge is 0.419 e. The summed E-state index contributed by atoms with van der Waals surface area (Å²) in [5.41, 5.74) is -2.44. The number of rotatable bonds is 9. The fourth-order valence-corrected chi connectivity index (χ4v) is 4.72. The second-order valence-corrected chi connectivity index (χ2v) is 10.1. The third kappa shape index (κ3) is 6.96. The first-order valence-electron chi connectivity index (χ1n) is 11.1. The van der Waals surface area contributed by atoms with E-state index in [4.69, 9.17) is 9.47 Å². The zero-order valence-electron chi connectivity index (χ0n) is 19.5. The fourth-order valence-electron chi connectivity index (χ4n) is 3.65. The molecular weight excluding hydrogens is 514 g/mol. The van der Waals surface area contributed by atoms with E-state index in [-0.39, 0.29) is 12.3 Å². The Bertz CT molecular complexity index is 1170. The molecule has 0 amide bonds. The van der Waals surface area contributed by atoms with Crippen molar-refractivity contribution in [1.29, 1.82) is 0 Å².